The second-order valence-corrected chi connectivity index (χ2v) is 4.51. The minimum Gasteiger partial charge on any atom is -0.444 e. The van der Waals surface area contributed by atoms with E-state index < -0.39 is 12.2 Å². The van der Waals surface area contributed by atoms with E-state index in [1.54, 1.807) is 6.07 Å². The molecule has 0 aliphatic carbocycles. The molecule has 0 spiro atoms. The summed E-state index contributed by atoms with van der Waals surface area (Å²) in [4.78, 5) is 13.2. The third-order valence-corrected chi connectivity index (χ3v) is 3.05. The van der Waals surface area contributed by atoms with Gasteiger partial charge in [-0.3, -0.25) is 4.79 Å². The molecule has 4 nitrogen and oxygen atoms in total. The van der Waals surface area contributed by atoms with E-state index in [-0.39, 0.29) is 31.2 Å². The van der Waals surface area contributed by atoms with Gasteiger partial charge in [-0.2, -0.15) is 0 Å². The van der Waals surface area contributed by atoms with E-state index in [4.69, 9.17) is 9.52 Å². The van der Waals surface area contributed by atoms with Crippen LogP contribution in [0.25, 0.3) is 0 Å². The third-order valence-electron chi connectivity index (χ3n) is 2.62. The molecule has 0 bridgehead atoms. The zero-order chi connectivity index (χ0) is 11.7. The van der Waals surface area contributed by atoms with Crippen molar-refractivity contribution in [2.24, 2.45) is 0 Å². The Morgan fingerprint density at radius 1 is 1.69 bits per heavy atom. The van der Waals surface area contributed by atoms with Gasteiger partial charge in [-0.15, -0.1) is 0 Å². The summed E-state index contributed by atoms with van der Waals surface area (Å²) in [6.07, 6.45) is -0.885. The number of rotatable bonds is 2. The number of alkyl halides is 1. The summed E-state index contributed by atoms with van der Waals surface area (Å²) >= 11 is 3.09. The van der Waals surface area contributed by atoms with Crippen molar-refractivity contribution in [3.05, 3.63) is 22.6 Å². The fraction of sp³-hybridized carbons (Fsp3) is 0.500. The predicted molar refractivity (Wildman–Crippen MR) is 57.8 cm³/mol. The van der Waals surface area contributed by atoms with Gasteiger partial charge in [0.05, 0.1) is 19.2 Å². The van der Waals surface area contributed by atoms with Crippen LogP contribution in [0.15, 0.2) is 21.2 Å². The number of nitrogens with zero attached hydrogens (tertiary/aromatic N) is 1. The van der Waals surface area contributed by atoms with Crippen LogP contribution in [-0.2, 0) is 0 Å². The van der Waals surface area contributed by atoms with Gasteiger partial charge in [-0.25, -0.2) is 4.39 Å². The Bertz CT molecular complexity index is 395. The monoisotopic (exact) mass is 291 g/mol. The molecule has 2 heterocycles. The number of halogens is 2. The van der Waals surface area contributed by atoms with Gasteiger partial charge in [0.2, 0.25) is 0 Å². The number of aliphatic hydroxyl groups excluding tert-OH is 1. The van der Waals surface area contributed by atoms with Crippen molar-refractivity contribution >= 4 is 21.8 Å². The van der Waals surface area contributed by atoms with Crippen molar-refractivity contribution in [2.45, 2.75) is 18.6 Å². The Morgan fingerprint density at radius 3 is 3.00 bits per heavy atom. The molecule has 1 aromatic heterocycles. The molecule has 0 unspecified atom stereocenters. The van der Waals surface area contributed by atoms with Crippen LogP contribution in [0.1, 0.15) is 17.0 Å². The highest BCUT2D eigenvalue weighted by molar-refractivity contribution is 9.10. The van der Waals surface area contributed by atoms with Crippen LogP contribution in [0.4, 0.5) is 4.39 Å². The average Bonchev–Trinajstić information content (AvgIpc) is 2.83. The van der Waals surface area contributed by atoms with Crippen molar-refractivity contribution in [1.82, 2.24) is 4.90 Å². The van der Waals surface area contributed by atoms with Gasteiger partial charge in [-0.05, 0) is 28.1 Å². The Morgan fingerprint density at radius 2 is 2.44 bits per heavy atom. The Balaban J connectivity index is 2.15. The van der Waals surface area contributed by atoms with Gasteiger partial charge < -0.3 is 14.4 Å². The van der Waals surface area contributed by atoms with E-state index in [9.17, 15) is 9.18 Å². The van der Waals surface area contributed by atoms with Gasteiger partial charge in [-0.1, -0.05) is 0 Å². The molecule has 2 rings (SSSR count). The van der Waals surface area contributed by atoms with E-state index in [1.807, 2.05) is 0 Å². The van der Waals surface area contributed by atoms with Crippen LogP contribution < -0.4 is 0 Å². The van der Waals surface area contributed by atoms with Crippen molar-refractivity contribution in [3.63, 3.8) is 0 Å². The Kier molecular flexibility index (Phi) is 3.30. The maximum absolute atomic E-state index is 13.1. The molecule has 0 radical (unpaired) electrons. The number of amides is 1. The summed E-state index contributed by atoms with van der Waals surface area (Å²) in [5, 5.41) is 9.05. The molecule has 6 heteroatoms. The third kappa shape index (κ3) is 2.12. The van der Waals surface area contributed by atoms with Crippen LogP contribution >= 0.6 is 15.9 Å². The molecule has 16 heavy (non-hydrogen) atoms. The molecular weight excluding hydrogens is 281 g/mol. The van der Waals surface area contributed by atoms with Gasteiger partial charge in [0.1, 0.15) is 6.17 Å². The molecular formula is C10H11BrFNO3. The van der Waals surface area contributed by atoms with Crippen molar-refractivity contribution in [2.75, 3.05) is 13.2 Å². The first-order chi connectivity index (χ1) is 7.61. The zero-order valence-electron chi connectivity index (χ0n) is 8.40. The number of carbonyl (C=O) groups is 1. The van der Waals surface area contributed by atoms with Crippen LogP contribution in [0.5, 0.6) is 0 Å². The highest BCUT2D eigenvalue weighted by Gasteiger charge is 2.36. The van der Waals surface area contributed by atoms with Crippen molar-refractivity contribution < 1.29 is 18.7 Å². The van der Waals surface area contributed by atoms with Crippen molar-refractivity contribution in [3.8, 4) is 0 Å². The second kappa shape index (κ2) is 4.55. The standard InChI is InChI=1S/C10H11BrFNO3/c11-9-2-1-8(16-9)10(15)13-4-6(12)3-7(13)5-14/h1-2,6-7,14H,3-5H2/t6-,7-/m0/s1. The first kappa shape index (κ1) is 11.6. The number of furan rings is 1. The SMILES string of the molecule is O=C(c1ccc(Br)o1)N1C[C@@H](F)C[C@H]1CO. The quantitative estimate of drug-likeness (QED) is 0.900. The summed E-state index contributed by atoms with van der Waals surface area (Å²) in [5.74, 6) is -0.232. The van der Waals surface area contributed by atoms with Gasteiger partial charge in [0.15, 0.2) is 10.4 Å². The number of likely N-dealkylation sites (tertiary alicyclic amines) is 1. The second-order valence-electron chi connectivity index (χ2n) is 3.73. The smallest absolute Gasteiger partial charge is 0.290 e. The molecule has 1 amide bonds. The predicted octanol–water partition coefficient (Wildman–Crippen LogP) is 1.59. The van der Waals surface area contributed by atoms with Gasteiger partial charge >= 0.3 is 0 Å². The van der Waals surface area contributed by atoms with Crippen LogP contribution in [0.3, 0.4) is 0 Å². The van der Waals surface area contributed by atoms with Crippen LogP contribution in [-0.4, -0.2) is 41.3 Å². The summed E-state index contributed by atoms with van der Waals surface area (Å²) < 4.78 is 18.7. The van der Waals surface area contributed by atoms with Gasteiger partial charge in [0.25, 0.3) is 5.91 Å². The summed E-state index contributed by atoms with van der Waals surface area (Å²) in [5.41, 5.74) is 0. The Hall–Kier alpha value is -0.880. The minimum absolute atomic E-state index is 0.0162. The maximum Gasteiger partial charge on any atom is 0.290 e. The van der Waals surface area contributed by atoms with E-state index in [0.717, 1.165) is 0 Å². The summed E-state index contributed by atoms with van der Waals surface area (Å²) in [6.45, 7) is -0.212. The fourth-order valence-corrected chi connectivity index (χ4v) is 2.16. The van der Waals surface area contributed by atoms with Crippen LogP contribution in [0.2, 0.25) is 0 Å². The van der Waals surface area contributed by atoms with Gasteiger partial charge in [0, 0.05) is 6.42 Å². The molecule has 0 saturated carbocycles. The highest BCUT2D eigenvalue weighted by atomic mass is 79.9. The first-order valence-corrected chi connectivity index (χ1v) is 5.72. The molecule has 2 atom stereocenters. The lowest BCUT2D eigenvalue weighted by Gasteiger charge is -2.21. The first-order valence-electron chi connectivity index (χ1n) is 4.93. The lowest BCUT2D eigenvalue weighted by Crippen LogP contribution is -2.37. The number of carbonyl (C=O) groups excluding carboxylic acids is 1. The largest absolute Gasteiger partial charge is 0.444 e. The van der Waals surface area contributed by atoms with E-state index >= 15 is 0 Å². The number of hydrogen-bond acceptors (Lipinski definition) is 3. The topological polar surface area (TPSA) is 53.7 Å². The van der Waals surface area contributed by atoms with E-state index in [1.165, 1.54) is 11.0 Å². The lowest BCUT2D eigenvalue weighted by molar-refractivity contribution is 0.0640. The van der Waals surface area contributed by atoms with Crippen LogP contribution in [0, 0.1) is 0 Å². The molecule has 88 valence electrons. The number of hydrogen-bond donors (Lipinski definition) is 1. The van der Waals surface area contributed by atoms with E-state index in [0.29, 0.717) is 4.67 Å². The molecule has 1 aliphatic heterocycles. The molecule has 1 aromatic rings. The Labute approximate surface area is 100 Å². The van der Waals surface area contributed by atoms with E-state index in [2.05, 4.69) is 15.9 Å². The zero-order valence-corrected chi connectivity index (χ0v) is 9.98. The highest BCUT2D eigenvalue weighted by Crippen LogP contribution is 2.24. The fourth-order valence-electron chi connectivity index (χ4n) is 1.85. The number of aliphatic hydroxyl groups is 1. The summed E-state index contributed by atoms with van der Waals surface area (Å²) in [6, 6.07) is 2.67. The lowest BCUT2D eigenvalue weighted by atomic mass is 10.2. The molecule has 1 saturated heterocycles. The molecule has 0 aromatic carbocycles. The maximum atomic E-state index is 13.1. The van der Waals surface area contributed by atoms with Crippen molar-refractivity contribution in [1.29, 1.82) is 0 Å². The minimum atomic E-state index is -1.07. The molecule has 1 N–H and O–H groups in total. The molecule has 1 aliphatic rings. The summed E-state index contributed by atoms with van der Waals surface area (Å²) in [7, 11) is 0. The average molecular weight is 292 g/mol. The normalized spacial score (nSPS) is 25.1. The molecule has 1 fully saturated rings.